The van der Waals surface area contributed by atoms with Gasteiger partial charge in [0.2, 0.25) is 5.88 Å². The molecule has 2 aromatic rings. The second kappa shape index (κ2) is 4.65. The first-order valence-electron chi connectivity index (χ1n) is 7.46. The minimum atomic E-state index is -0.151. The summed E-state index contributed by atoms with van der Waals surface area (Å²) in [5.41, 5.74) is 2.38. The van der Waals surface area contributed by atoms with Gasteiger partial charge >= 0.3 is 0 Å². The number of nitrogens with one attached hydrogen (secondary N) is 1. The van der Waals surface area contributed by atoms with Gasteiger partial charge in [-0.15, -0.1) is 10.2 Å². The van der Waals surface area contributed by atoms with Crippen molar-refractivity contribution in [1.29, 1.82) is 0 Å². The Morgan fingerprint density at radius 1 is 1.45 bits per heavy atom. The quantitative estimate of drug-likeness (QED) is 0.757. The van der Waals surface area contributed by atoms with E-state index < -0.39 is 0 Å². The summed E-state index contributed by atoms with van der Waals surface area (Å²) in [6.07, 6.45) is 4.46. The molecule has 1 heterocycles. The average Bonchev–Trinajstić information content (AvgIpc) is 3.13. The fourth-order valence-corrected chi connectivity index (χ4v) is 3.79. The van der Waals surface area contributed by atoms with Gasteiger partial charge in [0.25, 0.3) is 5.91 Å². The van der Waals surface area contributed by atoms with Crippen LogP contribution in [-0.2, 0) is 4.79 Å². The summed E-state index contributed by atoms with van der Waals surface area (Å²) in [5.74, 6) is -0.159. The van der Waals surface area contributed by atoms with E-state index in [9.17, 15) is 9.90 Å². The van der Waals surface area contributed by atoms with Crippen molar-refractivity contribution in [2.45, 2.75) is 32.6 Å². The van der Waals surface area contributed by atoms with Crippen LogP contribution in [0.5, 0.6) is 5.88 Å². The Balaban J connectivity index is 1.63. The molecule has 5 nitrogen and oxygen atoms in total. The molecular weight excluding hydrogens is 346 g/mol. The molecule has 1 spiro atoms. The van der Waals surface area contributed by atoms with E-state index >= 15 is 0 Å². The minimum absolute atomic E-state index is 0.0493. The molecule has 2 N–H and O–H groups in total. The fraction of sp³-hybridized carbons (Fsp3) is 0.438. The molecule has 0 saturated heterocycles. The van der Waals surface area contributed by atoms with E-state index in [4.69, 9.17) is 0 Å². The van der Waals surface area contributed by atoms with Crippen molar-refractivity contribution in [3.63, 3.8) is 0 Å². The van der Waals surface area contributed by atoms with Crippen LogP contribution in [0.3, 0.4) is 0 Å². The third-order valence-electron chi connectivity index (χ3n) is 5.12. The SMILES string of the molecule is Cc1cc2c(N=NC(=O)C3CC34CCC4)c(O)[nH]c2cc1Br. The summed E-state index contributed by atoms with van der Waals surface area (Å²) >= 11 is 3.46. The molecule has 22 heavy (non-hydrogen) atoms. The third-order valence-corrected chi connectivity index (χ3v) is 5.97. The number of hydrogen-bond donors (Lipinski definition) is 2. The Hall–Kier alpha value is -1.69. The van der Waals surface area contributed by atoms with Crippen molar-refractivity contribution in [2.75, 3.05) is 0 Å². The first kappa shape index (κ1) is 13.9. The molecule has 114 valence electrons. The number of hydrogen-bond acceptors (Lipinski definition) is 3. The molecule has 0 radical (unpaired) electrons. The van der Waals surface area contributed by atoms with Gasteiger partial charge in [-0.05, 0) is 49.3 Å². The lowest BCUT2D eigenvalue weighted by molar-refractivity contribution is -0.120. The molecular formula is C16H16BrN3O2. The Morgan fingerprint density at radius 3 is 2.86 bits per heavy atom. The largest absolute Gasteiger partial charge is 0.493 e. The highest BCUT2D eigenvalue weighted by atomic mass is 79.9. The first-order chi connectivity index (χ1) is 10.5. The number of azo groups is 1. The fourth-order valence-electron chi connectivity index (χ4n) is 3.45. The van der Waals surface area contributed by atoms with Crippen LogP contribution in [0, 0.1) is 18.3 Å². The maximum Gasteiger partial charge on any atom is 0.268 e. The van der Waals surface area contributed by atoms with Crippen molar-refractivity contribution >= 4 is 38.4 Å². The van der Waals surface area contributed by atoms with Crippen molar-refractivity contribution in [1.82, 2.24) is 4.98 Å². The van der Waals surface area contributed by atoms with Crippen LogP contribution in [0.1, 0.15) is 31.2 Å². The molecule has 1 aromatic carbocycles. The van der Waals surface area contributed by atoms with E-state index in [1.165, 1.54) is 6.42 Å². The zero-order chi connectivity index (χ0) is 15.5. The summed E-state index contributed by atoms with van der Waals surface area (Å²) in [7, 11) is 0. The van der Waals surface area contributed by atoms with Gasteiger partial charge in [-0.3, -0.25) is 4.79 Å². The Morgan fingerprint density at radius 2 is 2.23 bits per heavy atom. The topological polar surface area (TPSA) is 77.8 Å². The summed E-state index contributed by atoms with van der Waals surface area (Å²) in [5, 5.41) is 18.7. The number of fused-ring (bicyclic) bond motifs is 1. The lowest BCUT2D eigenvalue weighted by atomic mass is 9.80. The Kier molecular flexibility index (Phi) is 2.95. The van der Waals surface area contributed by atoms with Gasteiger partial charge in [0.15, 0.2) is 5.69 Å². The van der Waals surface area contributed by atoms with Gasteiger partial charge in [0.05, 0.1) is 5.52 Å². The van der Waals surface area contributed by atoms with Crippen molar-refractivity contribution in [3.05, 3.63) is 22.2 Å². The molecule has 1 atom stereocenters. The smallest absolute Gasteiger partial charge is 0.268 e. The van der Waals surface area contributed by atoms with Gasteiger partial charge in [0, 0.05) is 15.8 Å². The van der Waals surface area contributed by atoms with Crippen LogP contribution in [0.15, 0.2) is 26.8 Å². The number of aromatic amines is 1. The van der Waals surface area contributed by atoms with Gasteiger partial charge in [-0.2, -0.15) is 0 Å². The van der Waals surface area contributed by atoms with E-state index in [0.717, 1.165) is 40.2 Å². The summed E-state index contributed by atoms with van der Waals surface area (Å²) in [6, 6.07) is 3.80. The Bertz CT molecular complexity index is 820. The number of rotatable bonds is 2. The van der Waals surface area contributed by atoms with Crippen LogP contribution < -0.4 is 0 Å². The second-order valence-electron chi connectivity index (χ2n) is 6.48. The zero-order valence-corrected chi connectivity index (χ0v) is 13.8. The minimum Gasteiger partial charge on any atom is -0.493 e. The Labute approximate surface area is 136 Å². The van der Waals surface area contributed by atoms with Crippen LogP contribution in [0.25, 0.3) is 10.9 Å². The summed E-state index contributed by atoms with van der Waals surface area (Å²) < 4.78 is 0.950. The van der Waals surface area contributed by atoms with Crippen LogP contribution in [-0.4, -0.2) is 16.0 Å². The van der Waals surface area contributed by atoms with E-state index in [1.807, 2.05) is 19.1 Å². The predicted octanol–water partition coefficient (Wildman–Crippen LogP) is 4.74. The molecule has 1 amide bonds. The molecule has 2 aliphatic carbocycles. The van der Waals surface area contributed by atoms with Gasteiger partial charge in [-0.1, -0.05) is 22.4 Å². The zero-order valence-electron chi connectivity index (χ0n) is 12.2. The number of nitrogens with zero attached hydrogens (tertiary/aromatic N) is 2. The van der Waals surface area contributed by atoms with Crippen molar-refractivity contribution in [2.24, 2.45) is 21.6 Å². The number of aromatic hydroxyl groups is 1. The highest BCUT2D eigenvalue weighted by Gasteiger charge is 2.61. The molecule has 1 unspecified atom stereocenters. The summed E-state index contributed by atoms with van der Waals surface area (Å²) in [4.78, 5) is 15.0. The van der Waals surface area contributed by atoms with Gasteiger partial charge in [-0.25, -0.2) is 0 Å². The first-order valence-corrected chi connectivity index (χ1v) is 8.26. The van der Waals surface area contributed by atoms with Crippen LogP contribution in [0.4, 0.5) is 5.69 Å². The van der Waals surface area contributed by atoms with E-state index in [-0.39, 0.29) is 23.1 Å². The van der Waals surface area contributed by atoms with E-state index in [2.05, 4.69) is 31.1 Å². The maximum absolute atomic E-state index is 12.1. The molecule has 0 aliphatic heterocycles. The average molecular weight is 362 g/mol. The monoisotopic (exact) mass is 361 g/mol. The molecule has 2 aliphatic rings. The normalized spacial score (nSPS) is 22.4. The highest BCUT2D eigenvalue weighted by Crippen LogP contribution is 2.65. The molecule has 1 aromatic heterocycles. The molecule has 4 rings (SSSR count). The number of amides is 1. The maximum atomic E-state index is 12.1. The molecule has 2 saturated carbocycles. The number of H-pyrrole nitrogens is 1. The number of benzene rings is 1. The van der Waals surface area contributed by atoms with Gasteiger partial charge in [0.1, 0.15) is 0 Å². The lowest BCUT2D eigenvalue weighted by Crippen LogP contribution is -2.17. The summed E-state index contributed by atoms with van der Waals surface area (Å²) in [6.45, 7) is 1.96. The standard InChI is InChI=1S/C16H16BrN3O2/c1-8-5-9-12(6-11(8)17)18-15(22)13(9)19-20-14(21)10-7-16(10)3-2-4-16/h5-6,10,18,22H,2-4,7H2,1H3. The van der Waals surface area contributed by atoms with E-state index in [0.29, 0.717) is 5.69 Å². The molecule has 0 bridgehead atoms. The predicted molar refractivity (Wildman–Crippen MR) is 86.3 cm³/mol. The van der Waals surface area contributed by atoms with Crippen molar-refractivity contribution < 1.29 is 9.90 Å². The number of halogens is 1. The molecule has 6 heteroatoms. The number of carbonyl (C=O) groups is 1. The second-order valence-corrected chi connectivity index (χ2v) is 7.33. The number of aryl methyl sites for hydroxylation is 1. The van der Waals surface area contributed by atoms with Crippen molar-refractivity contribution in [3.8, 4) is 5.88 Å². The van der Waals surface area contributed by atoms with Crippen LogP contribution >= 0.6 is 15.9 Å². The molecule has 2 fully saturated rings. The highest BCUT2D eigenvalue weighted by molar-refractivity contribution is 9.10. The lowest BCUT2D eigenvalue weighted by Gasteiger charge is -2.25. The van der Waals surface area contributed by atoms with Gasteiger partial charge < -0.3 is 10.1 Å². The third kappa shape index (κ3) is 2.00. The number of aromatic nitrogens is 1. The van der Waals surface area contributed by atoms with E-state index in [1.54, 1.807) is 0 Å². The van der Waals surface area contributed by atoms with Crippen LogP contribution in [0.2, 0.25) is 0 Å². The number of carbonyl (C=O) groups excluding carboxylic acids is 1.